The first-order chi connectivity index (χ1) is 28.0. The van der Waals surface area contributed by atoms with E-state index in [1.54, 1.807) is 5.56 Å². The van der Waals surface area contributed by atoms with Crippen LogP contribution >= 0.6 is 0 Å². The van der Waals surface area contributed by atoms with Gasteiger partial charge in [-0.2, -0.15) is 0 Å². The van der Waals surface area contributed by atoms with E-state index in [4.69, 9.17) is 0 Å². The molecule has 57 heavy (non-hydrogen) atoms. The molecule has 2 bridgehead atoms. The van der Waals surface area contributed by atoms with Crippen molar-refractivity contribution in [3.8, 4) is 22.3 Å². The van der Waals surface area contributed by atoms with Crippen LogP contribution in [0.1, 0.15) is 149 Å². The Morgan fingerprint density at radius 1 is 0.491 bits per heavy atom. The van der Waals surface area contributed by atoms with Crippen LogP contribution in [0.15, 0.2) is 121 Å². The van der Waals surface area contributed by atoms with Crippen molar-refractivity contribution in [3.05, 3.63) is 149 Å². The largest absolute Gasteiger partial charge is 0.310 e. The van der Waals surface area contributed by atoms with Crippen LogP contribution in [0.2, 0.25) is 0 Å². The van der Waals surface area contributed by atoms with Crippen LogP contribution in [0.25, 0.3) is 33.0 Å². The van der Waals surface area contributed by atoms with Gasteiger partial charge in [0.2, 0.25) is 0 Å². The standard InChI is InChI=1S/C56H59N/c1-56(2)53-35-45(41-20-18-40(19-21-41)38-10-5-3-6-11-38)26-30-49(53)50-31-29-48(36-54(50)56)57(47-27-24-43(25-28-47)51-33-37-16-17-46(51)32-37)55-15-9-14-42-22-23-44(34-52(42)55)39-12-7-4-8-13-39/h9,14-15,18-31,34-39,46,51H,3-8,10-13,16-17,32-33H2,1-2H3. The minimum Gasteiger partial charge on any atom is -0.310 e. The molecule has 0 spiro atoms. The third-order valence-corrected chi connectivity index (χ3v) is 15.8. The first-order valence-electron chi connectivity index (χ1n) is 22.8. The normalized spacial score (nSPS) is 22.8. The monoisotopic (exact) mass is 745 g/mol. The van der Waals surface area contributed by atoms with Crippen molar-refractivity contribution in [2.45, 2.75) is 127 Å². The molecule has 5 aliphatic carbocycles. The molecule has 3 atom stereocenters. The van der Waals surface area contributed by atoms with Gasteiger partial charge in [0.15, 0.2) is 0 Å². The summed E-state index contributed by atoms with van der Waals surface area (Å²) < 4.78 is 0. The molecule has 5 aliphatic rings. The van der Waals surface area contributed by atoms with E-state index in [1.807, 2.05) is 0 Å². The Kier molecular flexibility index (Phi) is 8.94. The molecule has 6 aromatic rings. The fourth-order valence-electron chi connectivity index (χ4n) is 12.5. The molecule has 288 valence electrons. The van der Waals surface area contributed by atoms with Crippen LogP contribution < -0.4 is 4.90 Å². The molecule has 4 fully saturated rings. The summed E-state index contributed by atoms with van der Waals surface area (Å²) in [5, 5.41) is 2.68. The van der Waals surface area contributed by atoms with Crippen molar-refractivity contribution in [1.82, 2.24) is 0 Å². The molecule has 4 saturated carbocycles. The summed E-state index contributed by atoms with van der Waals surface area (Å²) in [6.07, 6.45) is 19.3. The van der Waals surface area contributed by atoms with Crippen LogP contribution in [0.5, 0.6) is 0 Å². The Morgan fingerprint density at radius 3 is 1.82 bits per heavy atom. The maximum Gasteiger partial charge on any atom is 0.0540 e. The van der Waals surface area contributed by atoms with Gasteiger partial charge in [0, 0.05) is 22.2 Å². The van der Waals surface area contributed by atoms with E-state index in [9.17, 15) is 0 Å². The molecule has 0 amide bonds. The lowest BCUT2D eigenvalue weighted by molar-refractivity contribution is 0.420. The highest BCUT2D eigenvalue weighted by Crippen LogP contribution is 2.54. The Morgan fingerprint density at radius 2 is 1.12 bits per heavy atom. The van der Waals surface area contributed by atoms with E-state index >= 15 is 0 Å². The third kappa shape index (κ3) is 6.27. The van der Waals surface area contributed by atoms with E-state index in [0.29, 0.717) is 5.92 Å². The minimum absolute atomic E-state index is 0.122. The predicted octanol–water partition coefficient (Wildman–Crippen LogP) is 16.3. The molecule has 0 aliphatic heterocycles. The van der Waals surface area contributed by atoms with E-state index in [-0.39, 0.29) is 5.41 Å². The maximum absolute atomic E-state index is 2.58. The molecule has 0 aromatic heterocycles. The smallest absolute Gasteiger partial charge is 0.0540 e. The molecule has 11 rings (SSSR count). The Balaban J connectivity index is 0.981. The molecule has 3 unspecified atom stereocenters. The molecule has 0 N–H and O–H groups in total. The van der Waals surface area contributed by atoms with Gasteiger partial charge >= 0.3 is 0 Å². The Labute approximate surface area is 341 Å². The summed E-state index contributed by atoms with van der Waals surface area (Å²) in [7, 11) is 0. The van der Waals surface area contributed by atoms with E-state index < -0.39 is 0 Å². The number of benzene rings is 6. The molecule has 1 heteroatoms. The van der Waals surface area contributed by atoms with Crippen LogP contribution in [0, 0.1) is 11.8 Å². The highest BCUT2D eigenvalue weighted by Gasteiger charge is 2.40. The fourth-order valence-corrected chi connectivity index (χ4v) is 12.5. The van der Waals surface area contributed by atoms with Crippen molar-refractivity contribution >= 4 is 27.8 Å². The summed E-state index contributed by atoms with van der Waals surface area (Å²) in [5.74, 6) is 3.98. The number of nitrogens with zero attached hydrogens (tertiary/aromatic N) is 1. The molecule has 0 saturated heterocycles. The summed E-state index contributed by atoms with van der Waals surface area (Å²) >= 11 is 0. The van der Waals surface area contributed by atoms with E-state index in [1.165, 1.54) is 162 Å². The SMILES string of the molecule is CC1(C)c2cc(-c3ccc(C4CCCCC4)cc3)ccc2-c2ccc(N(c3ccc(C4CC5CCC4C5)cc3)c3cccc4ccc(C5CCCCC5)cc34)cc21. The minimum atomic E-state index is -0.122. The predicted molar refractivity (Wildman–Crippen MR) is 241 cm³/mol. The summed E-state index contributed by atoms with van der Waals surface area (Å²) in [4.78, 5) is 2.58. The molecular formula is C56H59N. The molecular weight excluding hydrogens is 687 g/mol. The number of anilines is 3. The Hall–Kier alpha value is -4.62. The number of rotatable bonds is 7. The number of fused-ring (bicyclic) bond motifs is 6. The second-order valence-electron chi connectivity index (χ2n) is 19.4. The second kappa shape index (κ2) is 14.3. The lowest BCUT2D eigenvalue weighted by Gasteiger charge is -2.30. The highest BCUT2D eigenvalue weighted by atomic mass is 15.1. The van der Waals surface area contributed by atoms with Gasteiger partial charge in [-0.25, -0.2) is 0 Å². The first kappa shape index (κ1) is 35.5. The molecule has 0 heterocycles. The van der Waals surface area contributed by atoms with Crippen molar-refractivity contribution in [3.63, 3.8) is 0 Å². The zero-order valence-electron chi connectivity index (χ0n) is 34.3. The topological polar surface area (TPSA) is 3.24 Å². The van der Waals surface area contributed by atoms with Gasteiger partial charge in [0.25, 0.3) is 0 Å². The fraction of sp³-hybridized carbons (Fsp3) is 0.393. The van der Waals surface area contributed by atoms with E-state index in [0.717, 1.165) is 23.7 Å². The highest BCUT2D eigenvalue weighted by molar-refractivity contribution is 6.00. The lowest BCUT2D eigenvalue weighted by Crippen LogP contribution is -2.17. The van der Waals surface area contributed by atoms with Gasteiger partial charge in [-0.15, -0.1) is 0 Å². The first-order valence-corrected chi connectivity index (χ1v) is 22.8. The lowest BCUT2D eigenvalue weighted by atomic mass is 9.81. The van der Waals surface area contributed by atoms with Crippen LogP contribution in [0.4, 0.5) is 17.1 Å². The number of hydrogen-bond donors (Lipinski definition) is 0. The second-order valence-corrected chi connectivity index (χ2v) is 19.4. The molecule has 0 radical (unpaired) electrons. The average Bonchev–Trinajstić information content (AvgIpc) is 3.97. The van der Waals surface area contributed by atoms with Gasteiger partial charge in [0.05, 0.1) is 5.69 Å². The number of hydrogen-bond acceptors (Lipinski definition) is 1. The summed E-state index contributed by atoms with van der Waals surface area (Å²) in [5.41, 5.74) is 16.5. The van der Waals surface area contributed by atoms with Crippen LogP contribution in [-0.4, -0.2) is 0 Å². The third-order valence-electron chi connectivity index (χ3n) is 15.8. The van der Waals surface area contributed by atoms with Crippen molar-refractivity contribution < 1.29 is 0 Å². The maximum atomic E-state index is 2.58. The summed E-state index contributed by atoms with van der Waals surface area (Å²) in [6.45, 7) is 4.89. The van der Waals surface area contributed by atoms with Gasteiger partial charge < -0.3 is 4.90 Å². The van der Waals surface area contributed by atoms with Gasteiger partial charge in [-0.05, 0) is 172 Å². The molecule has 1 nitrogen and oxygen atoms in total. The average molecular weight is 746 g/mol. The quantitative estimate of drug-likeness (QED) is 0.157. The Bertz CT molecular complexity index is 2420. The van der Waals surface area contributed by atoms with Crippen molar-refractivity contribution in [2.75, 3.05) is 4.90 Å². The van der Waals surface area contributed by atoms with Crippen molar-refractivity contribution in [2.24, 2.45) is 11.8 Å². The van der Waals surface area contributed by atoms with E-state index in [2.05, 4.69) is 140 Å². The zero-order chi connectivity index (χ0) is 38.1. The zero-order valence-corrected chi connectivity index (χ0v) is 34.3. The van der Waals surface area contributed by atoms with Crippen LogP contribution in [-0.2, 0) is 5.41 Å². The molecule has 6 aromatic carbocycles. The summed E-state index contributed by atoms with van der Waals surface area (Å²) in [6, 6.07) is 48.3. The van der Waals surface area contributed by atoms with Gasteiger partial charge in [0.1, 0.15) is 0 Å². The van der Waals surface area contributed by atoms with Gasteiger partial charge in [-0.1, -0.05) is 138 Å². The van der Waals surface area contributed by atoms with Gasteiger partial charge in [-0.3, -0.25) is 0 Å². The van der Waals surface area contributed by atoms with Crippen molar-refractivity contribution in [1.29, 1.82) is 0 Å². The van der Waals surface area contributed by atoms with Crippen LogP contribution in [0.3, 0.4) is 0 Å².